The van der Waals surface area contributed by atoms with Gasteiger partial charge >= 0.3 is 33.9 Å². The first-order valence-electron chi connectivity index (χ1n) is 5.10. The summed E-state index contributed by atoms with van der Waals surface area (Å²) in [7, 11) is 1.66. The molecule has 0 fully saturated rings. The molecule has 0 heterocycles. The van der Waals surface area contributed by atoms with Gasteiger partial charge in [0.25, 0.3) is 0 Å². The van der Waals surface area contributed by atoms with Gasteiger partial charge in [-0.15, -0.1) is 0 Å². The Morgan fingerprint density at radius 2 is 1.50 bits per heavy atom. The first kappa shape index (κ1) is 27.3. The van der Waals surface area contributed by atoms with Crippen molar-refractivity contribution in [1.29, 1.82) is 0 Å². The fourth-order valence-corrected chi connectivity index (χ4v) is 1.29. The molecule has 0 bridgehead atoms. The number of methoxy groups -OCH3 is 1. The zero-order chi connectivity index (χ0) is 15.7. The molecule has 0 unspecified atom stereocenters. The van der Waals surface area contributed by atoms with Crippen LogP contribution in [0.3, 0.4) is 0 Å². The van der Waals surface area contributed by atoms with Crippen LogP contribution in [0, 0.1) is 26.9 Å². The van der Waals surface area contributed by atoms with Gasteiger partial charge in [0.2, 0.25) is 0 Å². The number of ether oxygens (including phenoxy) is 2. The molecule has 1 aromatic carbocycles. The molecule has 0 radical (unpaired) electrons. The molecule has 1 atom stereocenters. The van der Waals surface area contributed by atoms with Gasteiger partial charge in [-0.2, -0.15) is 0 Å². The quantitative estimate of drug-likeness (QED) is 0.486. The third kappa shape index (κ3) is 12.0. The van der Waals surface area contributed by atoms with Crippen LogP contribution in [0.4, 0.5) is 0 Å². The molecule has 6 heteroatoms. The van der Waals surface area contributed by atoms with E-state index in [1.165, 1.54) is 5.56 Å². The molecule has 0 spiro atoms. The molecular weight excluding hydrogens is 300 g/mol. The van der Waals surface area contributed by atoms with Crippen LogP contribution >= 0.6 is 0 Å². The van der Waals surface area contributed by atoms with Gasteiger partial charge in [0.05, 0.1) is 0 Å². The van der Waals surface area contributed by atoms with Crippen molar-refractivity contribution in [3.05, 3.63) is 55.3 Å². The van der Waals surface area contributed by atoms with Crippen molar-refractivity contribution in [2.75, 3.05) is 13.7 Å². The van der Waals surface area contributed by atoms with E-state index in [1.807, 2.05) is 25.1 Å². The Bertz CT molecular complexity index is 359. The molecule has 20 heavy (non-hydrogen) atoms. The average Bonchev–Trinajstić information content (AvgIpc) is 2.52. The van der Waals surface area contributed by atoms with Crippen LogP contribution in [0.2, 0.25) is 0 Å². The zero-order valence-electron chi connectivity index (χ0n) is 11.5. The molecule has 1 rings (SSSR count). The van der Waals surface area contributed by atoms with Gasteiger partial charge < -0.3 is 9.47 Å². The maximum atomic E-state index is 7.50. The molecule has 0 saturated heterocycles. The maximum absolute atomic E-state index is 7.50. The molecule has 0 aliphatic rings. The number of benzene rings is 1. The van der Waals surface area contributed by atoms with Gasteiger partial charge in [0.1, 0.15) is 0 Å². The second-order valence-electron chi connectivity index (χ2n) is 2.88. The van der Waals surface area contributed by atoms with Crippen molar-refractivity contribution in [2.24, 2.45) is 0 Å². The molecule has 0 aliphatic carbocycles. The minimum absolute atomic E-state index is 0. The Hall–Kier alpha value is -1.11. The van der Waals surface area contributed by atoms with E-state index in [1.54, 1.807) is 7.11 Å². The third-order valence-electron chi connectivity index (χ3n) is 1.97. The van der Waals surface area contributed by atoms with E-state index >= 15 is 0 Å². The van der Waals surface area contributed by atoms with Gasteiger partial charge in [-0.05, 0) is 19.4 Å². The standard InChI is InChI=1S/C11H16O2.3CO.Cr/c1-4-13-11(12-3)10-8-6-5-7-9(10)2;3*1-2;/h5-8,11H,4H2,1-3H3;;;;/t11-;;;;/m0..../s1. The Balaban J connectivity index is -0.000000162. The van der Waals surface area contributed by atoms with Crippen molar-refractivity contribution in [3.8, 4) is 0 Å². The normalized spacial score (nSPS) is 8.65. The zero-order valence-corrected chi connectivity index (χ0v) is 12.8. The minimum Gasteiger partial charge on any atom is 0 e. The average molecular weight is 316 g/mol. The monoisotopic (exact) mass is 316 g/mol. The largest absolute Gasteiger partial charge is 0 e. The smallest absolute Gasteiger partial charge is 0 e. The molecule has 0 aliphatic heterocycles. The Morgan fingerprint density at radius 3 is 1.85 bits per heavy atom. The summed E-state index contributed by atoms with van der Waals surface area (Å²) in [5.74, 6) is 0. The summed E-state index contributed by atoms with van der Waals surface area (Å²) in [6, 6.07) is 8.09. The third-order valence-corrected chi connectivity index (χ3v) is 1.97. The van der Waals surface area contributed by atoms with E-state index in [0.29, 0.717) is 6.61 Å². The fourth-order valence-electron chi connectivity index (χ4n) is 1.29. The fraction of sp³-hybridized carbons (Fsp3) is 0.357. The van der Waals surface area contributed by atoms with Crippen LogP contribution in [0.15, 0.2) is 24.3 Å². The van der Waals surface area contributed by atoms with E-state index in [0.717, 1.165) is 5.56 Å². The first-order valence-corrected chi connectivity index (χ1v) is 5.10. The number of hydrogen-bond acceptors (Lipinski definition) is 2. The molecule has 108 valence electrons. The summed E-state index contributed by atoms with van der Waals surface area (Å²) in [6.45, 7) is 18.2. The van der Waals surface area contributed by atoms with Crippen LogP contribution in [-0.2, 0) is 40.8 Å². The van der Waals surface area contributed by atoms with Crippen molar-refractivity contribution in [2.45, 2.75) is 20.1 Å². The second-order valence-corrected chi connectivity index (χ2v) is 2.88. The molecule has 0 N–H and O–H groups in total. The SMILES string of the molecule is CCO[C@H](OC)c1ccccc1C.[C-]#[O+].[C-]#[O+].[C-]#[O+].[Cr]. The van der Waals surface area contributed by atoms with E-state index in [2.05, 4.69) is 32.9 Å². The first-order chi connectivity index (χ1) is 9.29. The van der Waals surface area contributed by atoms with E-state index in [9.17, 15) is 0 Å². The molecule has 0 saturated carbocycles. The minimum atomic E-state index is -0.230. The summed E-state index contributed by atoms with van der Waals surface area (Å²) >= 11 is 0. The van der Waals surface area contributed by atoms with Gasteiger partial charge in [-0.1, -0.05) is 24.3 Å². The number of aryl methyl sites for hydroxylation is 1. The van der Waals surface area contributed by atoms with Crippen molar-refractivity contribution < 1.29 is 40.8 Å². The van der Waals surface area contributed by atoms with E-state index in [4.69, 9.17) is 23.4 Å². The summed E-state index contributed by atoms with van der Waals surface area (Å²) in [6.07, 6.45) is -0.230. The Kier molecular flexibility index (Phi) is 31.4. The summed E-state index contributed by atoms with van der Waals surface area (Å²) in [5, 5.41) is 0. The molecule has 5 nitrogen and oxygen atoms in total. The van der Waals surface area contributed by atoms with Gasteiger partial charge in [-0.25, -0.2) is 0 Å². The van der Waals surface area contributed by atoms with Crippen LogP contribution in [-0.4, -0.2) is 13.7 Å². The Labute approximate surface area is 130 Å². The molecule has 0 aromatic heterocycles. The predicted octanol–water partition coefficient (Wildman–Crippen LogP) is 2.56. The predicted molar refractivity (Wildman–Crippen MR) is 64.3 cm³/mol. The van der Waals surface area contributed by atoms with Crippen molar-refractivity contribution >= 4 is 0 Å². The van der Waals surface area contributed by atoms with Gasteiger partial charge in [0, 0.05) is 36.6 Å². The topological polar surface area (TPSA) is 78.2 Å². The van der Waals surface area contributed by atoms with Crippen molar-refractivity contribution in [1.82, 2.24) is 0 Å². The Morgan fingerprint density at radius 1 is 1.05 bits per heavy atom. The van der Waals surface area contributed by atoms with Gasteiger partial charge in [-0.3, -0.25) is 0 Å². The van der Waals surface area contributed by atoms with Crippen molar-refractivity contribution in [3.63, 3.8) is 0 Å². The van der Waals surface area contributed by atoms with Crippen LogP contribution in [0.1, 0.15) is 24.3 Å². The maximum Gasteiger partial charge on any atom is 0 e. The van der Waals surface area contributed by atoms with E-state index < -0.39 is 0 Å². The molecule has 1 aromatic rings. The number of hydrogen-bond donors (Lipinski definition) is 0. The van der Waals surface area contributed by atoms with Crippen LogP contribution in [0.5, 0.6) is 0 Å². The summed E-state index contributed by atoms with van der Waals surface area (Å²) in [5.41, 5.74) is 2.30. The number of rotatable bonds is 4. The molecular formula is C14H16CrO5. The summed E-state index contributed by atoms with van der Waals surface area (Å²) < 4.78 is 33.2. The van der Waals surface area contributed by atoms with Crippen LogP contribution in [0.25, 0.3) is 0 Å². The summed E-state index contributed by atoms with van der Waals surface area (Å²) in [4.78, 5) is 0. The van der Waals surface area contributed by atoms with Gasteiger partial charge in [0.15, 0.2) is 6.29 Å². The van der Waals surface area contributed by atoms with Crippen LogP contribution < -0.4 is 0 Å². The molecule has 0 amide bonds. The second kappa shape index (κ2) is 23.0. The van der Waals surface area contributed by atoms with E-state index in [-0.39, 0.29) is 23.7 Å².